The summed E-state index contributed by atoms with van der Waals surface area (Å²) in [5.74, 6) is 1.78. The number of hydrogen-bond donors (Lipinski definition) is 0. The zero-order valence-corrected chi connectivity index (χ0v) is 16.2. The summed E-state index contributed by atoms with van der Waals surface area (Å²) in [6.07, 6.45) is 5.18. The van der Waals surface area contributed by atoms with Crippen LogP contribution in [0, 0.1) is 13.8 Å². The minimum absolute atomic E-state index is 0.0432. The Labute approximate surface area is 159 Å². The van der Waals surface area contributed by atoms with Crippen LogP contribution in [0.4, 0.5) is 0 Å². The Kier molecular flexibility index (Phi) is 6.58. The molecule has 1 saturated heterocycles. The lowest BCUT2D eigenvalue weighted by Gasteiger charge is -2.32. The Hall–Kier alpha value is -2.25. The molecule has 0 N–H and O–H groups in total. The highest BCUT2D eigenvalue weighted by molar-refractivity contribution is 5.95. The van der Waals surface area contributed by atoms with Crippen LogP contribution in [0.3, 0.4) is 0 Å². The molecule has 0 spiro atoms. The lowest BCUT2D eigenvalue weighted by atomic mass is 9.90. The van der Waals surface area contributed by atoms with Crippen molar-refractivity contribution in [3.05, 3.63) is 46.9 Å². The zero-order chi connectivity index (χ0) is 19.2. The van der Waals surface area contributed by atoms with Gasteiger partial charge >= 0.3 is 0 Å². The number of aromatic nitrogens is 2. The third kappa shape index (κ3) is 4.73. The second-order valence-corrected chi connectivity index (χ2v) is 6.83. The fourth-order valence-corrected chi connectivity index (χ4v) is 3.43. The second kappa shape index (κ2) is 9.10. The van der Waals surface area contributed by atoms with Crippen molar-refractivity contribution in [2.75, 3.05) is 33.4 Å². The maximum absolute atomic E-state index is 12.7. The largest absolute Gasteiger partial charge is 0.469 e. The van der Waals surface area contributed by atoms with Crippen molar-refractivity contribution < 1.29 is 18.7 Å². The van der Waals surface area contributed by atoms with Gasteiger partial charge in [0.1, 0.15) is 11.6 Å². The van der Waals surface area contributed by atoms with Crippen LogP contribution in [0.25, 0.3) is 0 Å². The van der Waals surface area contributed by atoms with E-state index in [-0.39, 0.29) is 5.91 Å². The van der Waals surface area contributed by atoms with Crippen LogP contribution < -0.4 is 0 Å². The van der Waals surface area contributed by atoms with Gasteiger partial charge in [-0.3, -0.25) is 4.79 Å². The van der Waals surface area contributed by atoms with Crippen LogP contribution in [-0.2, 0) is 16.1 Å². The Bertz CT molecular complexity index is 766. The molecular weight excluding hydrogens is 346 g/mol. The summed E-state index contributed by atoms with van der Waals surface area (Å²) in [6.45, 7) is 6.73. The van der Waals surface area contributed by atoms with Crippen molar-refractivity contribution in [2.45, 2.75) is 39.2 Å². The van der Waals surface area contributed by atoms with Gasteiger partial charge in [-0.05, 0) is 32.8 Å². The molecule has 0 aliphatic carbocycles. The molecule has 1 fully saturated rings. The Morgan fingerprint density at radius 3 is 2.74 bits per heavy atom. The predicted molar refractivity (Wildman–Crippen MR) is 99.6 cm³/mol. The molecule has 2 aromatic rings. The molecule has 1 amide bonds. The van der Waals surface area contributed by atoms with Gasteiger partial charge in [-0.2, -0.15) is 0 Å². The first kappa shape index (κ1) is 19.5. The number of piperidine rings is 1. The van der Waals surface area contributed by atoms with Gasteiger partial charge in [0, 0.05) is 37.9 Å². The normalized spacial score (nSPS) is 15.3. The molecule has 0 unspecified atom stereocenters. The number of furan rings is 1. The van der Waals surface area contributed by atoms with Crippen LogP contribution in [0.15, 0.2) is 22.9 Å². The summed E-state index contributed by atoms with van der Waals surface area (Å²) < 4.78 is 16.0. The van der Waals surface area contributed by atoms with E-state index in [2.05, 4.69) is 9.97 Å². The summed E-state index contributed by atoms with van der Waals surface area (Å²) in [6, 6.07) is 1.74. The third-order valence-corrected chi connectivity index (χ3v) is 4.97. The molecule has 0 atom stereocenters. The predicted octanol–water partition coefficient (Wildman–Crippen LogP) is 2.87. The number of nitrogens with zero attached hydrogens (tertiary/aromatic N) is 3. The summed E-state index contributed by atoms with van der Waals surface area (Å²) >= 11 is 0. The Morgan fingerprint density at radius 2 is 2.07 bits per heavy atom. The van der Waals surface area contributed by atoms with Gasteiger partial charge < -0.3 is 18.8 Å². The average molecular weight is 373 g/mol. The Morgan fingerprint density at radius 1 is 1.30 bits per heavy atom. The van der Waals surface area contributed by atoms with E-state index in [0.29, 0.717) is 50.2 Å². The van der Waals surface area contributed by atoms with E-state index >= 15 is 0 Å². The van der Waals surface area contributed by atoms with Crippen molar-refractivity contribution in [1.82, 2.24) is 14.9 Å². The summed E-state index contributed by atoms with van der Waals surface area (Å²) in [4.78, 5) is 23.6. The van der Waals surface area contributed by atoms with Gasteiger partial charge in [0.05, 0.1) is 37.3 Å². The fourth-order valence-electron chi connectivity index (χ4n) is 3.43. The molecule has 0 radical (unpaired) electrons. The van der Waals surface area contributed by atoms with Crippen LogP contribution in [0.1, 0.15) is 52.0 Å². The molecular formula is C20H27N3O4. The van der Waals surface area contributed by atoms with Crippen LogP contribution >= 0.6 is 0 Å². The van der Waals surface area contributed by atoms with Crippen molar-refractivity contribution in [3.63, 3.8) is 0 Å². The molecule has 0 saturated carbocycles. The summed E-state index contributed by atoms with van der Waals surface area (Å²) in [5.41, 5.74) is 2.72. The first-order chi connectivity index (χ1) is 13.1. The highest BCUT2D eigenvalue weighted by atomic mass is 16.5. The number of aryl methyl sites for hydroxylation is 2. The monoisotopic (exact) mass is 373 g/mol. The molecule has 0 bridgehead atoms. The topological polar surface area (TPSA) is 77.7 Å². The molecule has 7 nitrogen and oxygen atoms in total. The molecule has 0 aromatic carbocycles. The van der Waals surface area contributed by atoms with Gasteiger partial charge in [-0.15, -0.1) is 0 Å². The number of hydrogen-bond acceptors (Lipinski definition) is 6. The van der Waals surface area contributed by atoms with E-state index in [1.165, 1.54) is 0 Å². The van der Waals surface area contributed by atoms with E-state index in [4.69, 9.17) is 13.9 Å². The molecule has 27 heavy (non-hydrogen) atoms. The highest BCUT2D eigenvalue weighted by Gasteiger charge is 2.28. The SMILES string of the molecule is COCCOCc1cnc(C)nc1C1CCN(C(=O)c2ccoc2C)CC1. The number of methoxy groups -OCH3 is 1. The molecule has 2 aromatic heterocycles. The molecule has 7 heteroatoms. The van der Waals surface area contributed by atoms with Crippen molar-refractivity contribution in [3.8, 4) is 0 Å². The highest BCUT2D eigenvalue weighted by Crippen LogP contribution is 2.30. The van der Waals surface area contributed by atoms with E-state index < -0.39 is 0 Å². The molecule has 1 aliphatic rings. The fraction of sp³-hybridized carbons (Fsp3) is 0.550. The molecule has 1 aliphatic heterocycles. The number of amides is 1. The molecule has 146 valence electrons. The van der Waals surface area contributed by atoms with E-state index in [9.17, 15) is 4.79 Å². The van der Waals surface area contributed by atoms with E-state index in [0.717, 1.165) is 29.9 Å². The number of likely N-dealkylation sites (tertiary alicyclic amines) is 1. The first-order valence-electron chi connectivity index (χ1n) is 9.32. The van der Waals surface area contributed by atoms with Crippen molar-refractivity contribution >= 4 is 5.91 Å². The van der Waals surface area contributed by atoms with Gasteiger partial charge in [0.25, 0.3) is 5.91 Å². The van der Waals surface area contributed by atoms with Gasteiger partial charge in [-0.1, -0.05) is 0 Å². The van der Waals surface area contributed by atoms with Gasteiger partial charge in [-0.25, -0.2) is 9.97 Å². The maximum atomic E-state index is 12.7. The molecule has 3 heterocycles. The number of carbonyl (C=O) groups excluding carboxylic acids is 1. The summed E-state index contributed by atoms with van der Waals surface area (Å²) in [5, 5.41) is 0. The number of rotatable bonds is 7. The van der Waals surface area contributed by atoms with E-state index in [1.807, 2.05) is 24.9 Å². The first-order valence-corrected chi connectivity index (χ1v) is 9.32. The van der Waals surface area contributed by atoms with Crippen molar-refractivity contribution in [2.24, 2.45) is 0 Å². The van der Waals surface area contributed by atoms with Crippen LogP contribution in [0.2, 0.25) is 0 Å². The average Bonchev–Trinajstić information content (AvgIpc) is 3.11. The Balaban J connectivity index is 1.64. The number of ether oxygens (including phenoxy) is 2. The number of carbonyl (C=O) groups is 1. The van der Waals surface area contributed by atoms with Gasteiger partial charge in [0.2, 0.25) is 0 Å². The third-order valence-electron chi connectivity index (χ3n) is 4.97. The van der Waals surface area contributed by atoms with E-state index in [1.54, 1.807) is 19.4 Å². The van der Waals surface area contributed by atoms with Crippen LogP contribution in [-0.4, -0.2) is 54.2 Å². The quantitative estimate of drug-likeness (QED) is 0.695. The standard InChI is InChI=1S/C20H27N3O4/c1-14-18(6-9-27-14)20(24)23-7-4-16(5-8-23)19-17(12-21-15(2)22-19)13-26-11-10-25-3/h6,9,12,16H,4-5,7-8,10-11,13H2,1-3H3. The van der Waals surface area contributed by atoms with Gasteiger partial charge in [0.15, 0.2) is 0 Å². The van der Waals surface area contributed by atoms with Crippen LogP contribution in [0.5, 0.6) is 0 Å². The zero-order valence-electron chi connectivity index (χ0n) is 16.2. The maximum Gasteiger partial charge on any atom is 0.257 e. The smallest absolute Gasteiger partial charge is 0.257 e. The minimum atomic E-state index is 0.0432. The molecule has 3 rings (SSSR count). The second-order valence-electron chi connectivity index (χ2n) is 6.83. The lowest BCUT2D eigenvalue weighted by molar-refractivity contribution is 0.0604. The minimum Gasteiger partial charge on any atom is -0.469 e. The summed E-state index contributed by atoms with van der Waals surface area (Å²) in [7, 11) is 1.66. The lowest BCUT2D eigenvalue weighted by Crippen LogP contribution is -2.38. The van der Waals surface area contributed by atoms with Crippen molar-refractivity contribution in [1.29, 1.82) is 0 Å².